The van der Waals surface area contributed by atoms with Gasteiger partial charge < -0.3 is 30.0 Å². The minimum absolute atomic E-state index is 0.183. The first kappa shape index (κ1) is 30.1. The van der Waals surface area contributed by atoms with Crippen molar-refractivity contribution in [2.75, 3.05) is 39.2 Å². The summed E-state index contributed by atoms with van der Waals surface area (Å²) in [5, 5.41) is 14.1. The molecule has 0 radical (unpaired) electrons. The molecule has 9 nitrogen and oxygen atoms in total. The number of quaternary nitrogens is 1. The molecule has 0 fully saturated rings. The highest BCUT2D eigenvalue weighted by molar-refractivity contribution is 6.32. The molecule has 41 heavy (non-hydrogen) atoms. The van der Waals surface area contributed by atoms with Gasteiger partial charge in [0.05, 0.1) is 18.7 Å². The Morgan fingerprint density at radius 2 is 1.90 bits per heavy atom. The van der Waals surface area contributed by atoms with E-state index in [9.17, 15) is 28.0 Å². The molecule has 4 rings (SSSR count). The Labute approximate surface area is 239 Å². The lowest BCUT2D eigenvalue weighted by Crippen LogP contribution is -3.07. The standard InChI is InChI=1S/C28H28ClF3N4O5/c1-35(2)25-16(6-9-24(34-25)28(30,31)32)10-12-33-26(37)17-4-7-18(8-5-17)41-23-15-22-20(14-21(23)29)19(11-13-40-22)27(38)36(3)39/h4-9,14-15,19,36H,10-13H2,1-3H3,(H,33,37). The van der Waals surface area contributed by atoms with Gasteiger partial charge in [-0.15, -0.1) is 0 Å². The van der Waals surface area contributed by atoms with Crippen molar-refractivity contribution >= 4 is 29.2 Å². The molecule has 0 saturated heterocycles. The average Bonchev–Trinajstić information content (AvgIpc) is 2.92. The number of anilines is 1. The maximum Gasteiger partial charge on any atom is 0.433 e. The lowest BCUT2D eigenvalue weighted by atomic mass is 9.92. The van der Waals surface area contributed by atoms with Crippen LogP contribution in [0, 0.1) is 5.21 Å². The Morgan fingerprint density at radius 1 is 1.20 bits per heavy atom. The van der Waals surface area contributed by atoms with Crippen molar-refractivity contribution in [3.63, 3.8) is 0 Å². The number of ether oxygens (including phenoxy) is 2. The van der Waals surface area contributed by atoms with Crippen LogP contribution in [0.1, 0.15) is 39.5 Å². The van der Waals surface area contributed by atoms with Crippen molar-refractivity contribution in [3.8, 4) is 17.2 Å². The number of fused-ring (bicyclic) bond motifs is 1. The highest BCUT2D eigenvalue weighted by atomic mass is 35.5. The van der Waals surface area contributed by atoms with Gasteiger partial charge in [0.15, 0.2) is 0 Å². The van der Waals surface area contributed by atoms with Crippen molar-refractivity contribution in [2.24, 2.45) is 0 Å². The molecule has 2 aromatic carbocycles. The number of aromatic nitrogens is 1. The summed E-state index contributed by atoms with van der Waals surface area (Å²) in [5.41, 5.74) is 0.467. The molecule has 0 spiro atoms. The number of benzene rings is 2. The third-order valence-electron chi connectivity index (χ3n) is 6.46. The van der Waals surface area contributed by atoms with E-state index in [-0.39, 0.29) is 42.1 Å². The maximum absolute atomic E-state index is 13.0. The largest absolute Gasteiger partial charge is 0.627 e. The van der Waals surface area contributed by atoms with E-state index in [1.165, 1.54) is 18.0 Å². The lowest BCUT2D eigenvalue weighted by Gasteiger charge is -2.27. The number of hydroxylamine groups is 2. The van der Waals surface area contributed by atoms with Crippen molar-refractivity contribution < 1.29 is 37.3 Å². The predicted octanol–water partition coefficient (Wildman–Crippen LogP) is 3.99. The fraction of sp³-hybridized carbons (Fsp3) is 0.321. The third-order valence-corrected chi connectivity index (χ3v) is 6.76. The zero-order valence-corrected chi connectivity index (χ0v) is 23.2. The molecule has 1 aliphatic heterocycles. The maximum atomic E-state index is 13.0. The Bertz CT molecular complexity index is 1430. The van der Waals surface area contributed by atoms with E-state index < -0.39 is 28.8 Å². The molecular formula is C28H28ClF3N4O5. The molecule has 2 N–H and O–H groups in total. The van der Waals surface area contributed by atoms with Crippen molar-refractivity contribution in [2.45, 2.75) is 24.9 Å². The summed E-state index contributed by atoms with van der Waals surface area (Å²) >= 11 is 6.41. The summed E-state index contributed by atoms with van der Waals surface area (Å²) in [6, 6.07) is 11.7. The van der Waals surface area contributed by atoms with Crippen LogP contribution in [0.3, 0.4) is 0 Å². The minimum Gasteiger partial charge on any atom is -0.627 e. The fourth-order valence-corrected chi connectivity index (χ4v) is 4.63. The Kier molecular flexibility index (Phi) is 9.05. The summed E-state index contributed by atoms with van der Waals surface area (Å²) in [6.07, 6.45) is -3.89. The van der Waals surface area contributed by atoms with Crippen LogP contribution in [0.15, 0.2) is 48.5 Å². The van der Waals surface area contributed by atoms with Crippen molar-refractivity contribution in [1.82, 2.24) is 10.3 Å². The summed E-state index contributed by atoms with van der Waals surface area (Å²) < 4.78 is 50.6. The van der Waals surface area contributed by atoms with Gasteiger partial charge in [-0.25, -0.2) is 9.78 Å². The number of likely N-dealkylation sites (N-methyl/N-ethyl adjacent to an activating group) is 1. The van der Waals surface area contributed by atoms with Crippen LogP contribution in [0.5, 0.6) is 17.2 Å². The highest BCUT2D eigenvalue weighted by Gasteiger charge is 2.34. The molecule has 0 saturated carbocycles. The Hall–Kier alpha value is -3.87. The zero-order valence-electron chi connectivity index (χ0n) is 22.5. The number of amides is 2. The van der Waals surface area contributed by atoms with Crippen molar-refractivity contribution in [1.29, 1.82) is 0 Å². The second-order valence-corrected chi connectivity index (χ2v) is 10.0. The number of carbonyl (C=O) groups excluding carboxylic acids is 2. The quantitative estimate of drug-likeness (QED) is 0.381. The van der Waals surface area contributed by atoms with E-state index in [0.717, 1.165) is 6.07 Å². The topological polar surface area (TPSA) is 108 Å². The first-order valence-corrected chi connectivity index (χ1v) is 13.0. The number of rotatable bonds is 8. The fourth-order valence-electron chi connectivity index (χ4n) is 4.42. The lowest BCUT2D eigenvalue weighted by molar-refractivity contribution is -0.741. The average molecular weight is 593 g/mol. The zero-order chi connectivity index (χ0) is 29.9. The highest BCUT2D eigenvalue weighted by Crippen LogP contribution is 2.41. The van der Waals surface area contributed by atoms with Crippen molar-refractivity contribution in [3.05, 3.63) is 81.1 Å². The number of halogens is 4. The number of nitrogens with one attached hydrogen (secondary N) is 2. The van der Waals surface area contributed by atoms with Crippen LogP contribution in [-0.4, -0.2) is 51.1 Å². The second kappa shape index (κ2) is 12.3. The molecule has 0 aliphatic carbocycles. The van der Waals surface area contributed by atoms with Gasteiger partial charge in [0, 0.05) is 44.3 Å². The predicted molar refractivity (Wildman–Crippen MR) is 146 cm³/mol. The summed E-state index contributed by atoms with van der Waals surface area (Å²) in [7, 11) is 4.44. The summed E-state index contributed by atoms with van der Waals surface area (Å²) in [5.74, 6) is -0.228. The van der Waals surface area contributed by atoms with Crippen LogP contribution in [0.25, 0.3) is 0 Å². The van der Waals surface area contributed by atoms with Gasteiger partial charge in [0.25, 0.3) is 5.91 Å². The van der Waals surface area contributed by atoms with Gasteiger partial charge in [-0.1, -0.05) is 17.7 Å². The Morgan fingerprint density at radius 3 is 2.54 bits per heavy atom. The molecule has 1 aliphatic rings. The number of pyridine rings is 1. The first-order valence-electron chi connectivity index (χ1n) is 12.7. The number of hydrogen-bond acceptors (Lipinski definition) is 7. The number of carbonyl (C=O) groups is 2. The molecule has 2 amide bonds. The first-order chi connectivity index (χ1) is 19.3. The van der Waals surface area contributed by atoms with Crippen LogP contribution in [-0.2, 0) is 17.4 Å². The molecule has 0 bridgehead atoms. The van der Waals surface area contributed by atoms with Gasteiger partial charge in [-0.3, -0.25) is 4.79 Å². The van der Waals surface area contributed by atoms with E-state index in [4.69, 9.17) is 21.1 Å². The Balaban J connectivity index is 1.38. The monoisotopic (exact) mass is 592 g/mol. The van der Waals surface area contributed by atoms with Gasteiger partial charge in [-0.05, 0) is 48.4 Å². The van der Waals surface area contributed by atoms with Crippen LogP contribution in [0.2, 0.25) is 5.02 Å². The summed E-state index contributed by atoms with van der Waals surface area (Å²) in [4.78, 5) is 30.2. The normalized spacial score (nSPS) is 15.4. The smallest absolute Gasteiger partial charge is 0.433 e. The van der Waals surface area contributed by atoms with Crippen LogP contribution < -0.4 is 24.8 Å². The number of alkyl halides is 3. The van der Waals surface area contributed by atoms with E-state index in [1.807, 2.05) is 0 Å². The molecule has 2 heterocycles. The molecule has 2 unspecified atom stereocenters. The second-order valence-electron chi connectivity index (χ2n) is 9.63. The molecule has 1 aromatic heterocycles. The molecule has 13 heteroatoms. The molecule has 2 atom stereocenters. The molecule has 218 valence electrons. The third kappa shape index (κ3) is 7.07. The van der Waals surface area contributed by atoms with Gasteiger partial charge in [0.1, 0.15) is 34.7 Å². The van der Waals surface area contributed by atoms with E-state index in [2.05, 4.69) is 10.3 Å². The number of nitrogens with zero attached hydrogens (tertiary/aromatic N) is 2. The van der Waals surface area contributed by atoms with Crippen LogP contribution >= 0.6 is 11.6 Å². The number of hydrogen-bond donors (Lipinski definition) is 2. The van der Waals surface area contributed by atoms with Gasteiger partial charge >= 0.3 is 12.1 Å². The summed E-state index contributed by atoms with van der Waals surface area (Å²) in [6.45, 7) is 0.455. The van der Waals surface area contributed by atoms with E-state index in [0.29, 0.717) is 34.6 Å². The van der Waals surface area contributed by atoms with E-state index in [1.54, 1.807) is 50.5 Å². The molecule has 3 aromatic rings. The SMILES string of the molecule is CN(C)c1nc(C(F)(F)F)ccc1CCNC(=O)c1ccc(Oc2cc3c(cc2Cl)C(C(=O)[NH+](C)[O-])CCO3)cc1. The minimum atomic E-state index is -4.55. The molecular weight excluding hydrogens is 565 g/mol. The van der Waals surface area contributed by atoms with Crippen LogP contribution in [0.4, 0.5) is 19.0 Å². The van der Waals surface area contributed by atoms with Gasteiger partial charge in [-0.2, -0.15) is 13.2 Å². The van der Waals surface area contributed by atoms with E-state index >= 15 is 0 Å². The van der Waals surface area contributed by atoms with Gasteiger partial charge in [0.2, 0.25) is 0 Å².